The van der Waals surface area contributed by atoms with Gasteiger partial charge in [-0.15, -0.1) is 0 Å². The monoisotopic (exact) mass is 782 g/mol. The summed E-state index contributed by atoms with van der Waals surface area (Å²) in [6, 6.07) is -1.02. The minimum atomic E-state index is -1.29. The number of hydrogen-bond acceptors (Lipinski definition) is 6. The molecule has 4 atom stereocenters. The molecule has 0 saturated carbocycles. The summed E-state index contributed by atoms with van der Waals surface area (Å²) in [5.41, 5.74) is 0. The molecule has 0 rings (SSSR count). The summed E-state index contributed by atoms with van der Waals surface area (Å²) in [7, 11) is 0. The van der Waals surface area contributed by atoms with Crippen LogP contribution in [0.1, 0.15) is 265 Å². The van der Waals surface area contributed by atoms with Crippen molar-refractivity contribution in [3.8, 4) is 0 Å². The Labute approximate surface area is 341 Å². The molecule has 0 unspecified atom stereocenters. The maximum absolute atomic E-state index is 13.0. The fraction of sp³-hybridized carbons (Fsp3) is 0.958. The summed E-state index contributed by atoms with van der Waals surface area (Å²) in [6.07, 6.45) is 43.9. The number of unbranched alkanes of at least 4 members (excludes halogenated alkanes) is 34. The molecular formula is C48H95NO6. The number of amides is 1. The predicted octanol–water partition coefficient (Wildman–Crippen LogP) is 13.0. The van der Waals surface area contributed by atoms with Crippen LogP contribution >= 0.6 is 0 Å². The molecule has 0 aromatic heterocycles. The van der Waals surface area contributed by atoms with Gasteiger partial charge >= 0.3 is 5.97 Å². The Hall–Kier alpha value is -1.18. The van der Waals surface area contributed by atoms with Crippen molar-refractivity contribution in [2.45, 2.75) is 289 Å². The number of hydrogen-bond donors (Lipinski definition) is 4. The molecule has 0 heterocycles. The number of nitrogens with one attached hydrogen (secondary N) is 1. The number of esters is 1. The topological polar surface area (TPSA) is 116 Å². The molecule has 0 spiro atoms. The van der Waals surface area contributed by atoms with Crippen molar-refractivity contribution in [3.05, 3.63) is 0 Å². The van der Waals surface area contributed by atoms with Crippen molar-refractivity contribution < 1.29 is 29.6 Å². The SMILES string of the molecule is CCCCCCCCCCCCCCCCCCCCCCCC[C@@H](OC(C)=O)C(=O)N[C@@H](CO)[C@H](O)[C@H](O)CCCCCCCCCCCCCCCC. The molecule has 0 aliphatic carbocycles. The van der Waals surface area contributed by atoms with Crippen molar-refractivity contribution in [3.63, 3.8) is 0 Å². The zero-order valence-corrected chi connectivity index (χ0v) is 37.0. The maximum atomic E-state index is 13.0. The Morgan fingerprint density at radius 2 is 0.727 bits per heavy atom. The van der Waals surface area contributed by atoms with Crippen LogP contribution in [-0.4, -0.2) is 58.2 Å². The van der Waals surface area contributed by atoms with E-state index < -0.39 is 42.8 Å². The number of aliphatic hydroxyl groups excluding tert-OH is 3. The van der Waals surface area contributed by atoms with E-state index in [1.54, 1.807) is 0 Å². The number of rotatable bonds is 44. The number of carbonyl (C=O) groups excluding carboxylic acids is 2. The molecule has 328 valence electrons. The standard InChI is InChI=1S/C48H95NO6/c1-4-6-8-10-12-14-16-18-20-21-22-23-24-25-26-27-29-31-33-35-37-39-41-46(55-43(3)51)48(54)49-44(42-50)47(53)45(52)40-38-36-34-32-30-28-19-17-15-13-11-9-7-5-2/h44-47,50,52-53H,4-42H2,1-3H3,(H,49,54)/t44-,45+,46+,47-/m0/s1. The molecule has 0 aromatic rings. The van der Waals surface area contributed by atoms with Gasteiger partial charge < -0.3 is 25.4 Å². The summed E-state index contributed by atoms with van der Waals surface area (Å²) in [4.78, 5) is 24.8. The quantitative estimate of drug-likeness (QED) is 0.0361. The fourth-order valence-electron chi connectivity index (χ4n) is 7.88. The van der Waals surface area contributed by atoms with Gasteiger partial charge in [0.05, 0.1) is 18.8 Å². The normalized spacial score (nSPS) is 13.8. The summed E-state index contributed by atoms with van der Waals surface area (Å²) in [5, 5.41) is 33.9. The van der Waals surface area contributed by atoms with Gasteiger partial charge in [-0.05, 0) is 19.3 Å². The molecule has 7 nitrogen and oxygen atoms in total. The zero-order valence-electron chi connectivity index (χ0n) is 37.0. The van der Waals surface area contributed by atoms with Crippen LogP contribution in [0.15, 0.2) is 0 Å². The van der Waals surface area contributed by atoms with Gasteiger partial charge in [0, 0.05) is 6.92 Å². The van der Waals surface area contributed by atoms with E-state index in [1.807, 2.05) is 0 Å². The highest BCUT2D eigenvalue weighted by Gasteiger charge is 2.30. The van der Waals surface area contributed by atoms with Crippen molar-refractivity contribution in [2.75, 3.05) is 6.61 Å². The maximum Gasteiger partial charge on any atom is 0.303 e. The highest BCUT2D eigenvalue weighted by atomic mass is 16.5. The average Bonchev–Trinajstić information content (AvgIpc) is 3.17. The Bertz CT molecular complexity index is 809. The van der Waals surface area contributed by atoms with Gasteiger partial charge in [-0.3, -0.25) is 9.59 Å². The van der Waals surface area contributed by atoms with Gasteiger partial charge in [0.2, 0.25) is 0 Å². The van der Waals surface area contributed by atoms with Crippen LogP contribution in [0, 0.1) is 0 Å². The van der Waals surface area contributed by atoms with Crippen molar-refractivity contribution in [1.29, 1.82) is 0 Å². The molecule has 55 heavy (non-hydrogen) atoms. The largest absolute Gasteiger partial charge is 0.452 e. The first kappa shape index (κ1) is 53.8. The van der Waals surface area contributed by atoms with E-state index in [-0.39, 0.29) is 0 Å². The summed E-state index contributed by atoms with van der Waals surface area (Å²) in [5.74, 6) is -1.06. The van der Waals surface area contributed by atoms with Gasteiger partial charge in [-0.1, -0.05) is 239 Å². The van der Waals surface area contributed by atoms with Crippen LogP contribution < -0.4 is 5.32 Å². The van der Waals surface area contributed by atoms with Crippen molar-refractivity contribution in [1.82, 2.24) is 5.32 Å². The first-order valence-electron chi connectivity index (χ1n) is 24.3. The lowest BCUT2D eigenvalue weighted by atomic mass is 9.99. The highest BCUT2D eigenvalue weighted by Crippen LogP contribution is 2.18. The van der Waals surface area contributed by atoms with Gasteiger partial charge in [0.1, 0.15) is 6.10 Å². The summed E-state index contributed by atoms with van der Waals surface area (Å²) in [6.45, 7) is 5.33. The lowest BCUT2D eigenvalue weighted by molar-refractivity contribution is -0.155. The van der Waals surface area contributed by atoms with E-state index in [4.69, 9.17) is 4.74 Å². The first-order chi connectivity index (χ1) is 26.9. The average molecular weight is 782 g/mol. The third kappa shape index (κ3) is 36.9. The third-order valence-electron chi connectivity index (χ3n) is 11.6. The lowest BCUT2D eigenvalue weighted by Gasteiger charge is -2.28. The molecule has 0 aliphatic rings. The molecule has 0 aromatic carbocycles. The number of ether oxygens (including phenoxy) is 1. The lowest BCUT2D eigenvalue weighted by Crippen LogP contribution is -2.53. The molecule has 1 amide bonds. The Morgan fingerprint density at radius 1 is 0.455 bits per heavy atom. The second-order valence-corrected chi connectivity index (χ2v) is 17.1. The fourth-order valence-corrected chi connectivity index (χ4v) is 7.88. The molecule has 0 fully saturated rings. The first-order valence-corrected chi connectivity index (χ1v) is 24.3. The second-order valence-electron chi connectivity index (χ2n) is 17.1. The van der Waals surface area contributed by atoms with E-state index in [9.17, 15) is 24.9 Å². The second kappa shape index (κ2) is 42.4. The van der Waals surface area contributed by atoms with Crippen LogP contribution in [0.25, 0.3) is 0 Å². The summed E-state index contributed by atoms with van der Waals surface area (Å²) >= 11 is 0. The van der Waals surface area contributed by atoms with Crippen LogP contribution in [0.3, 0.4) is 0 Å². The van der Waals surface area contributed by atoms with Crippen LogP contribution in [0.5, 0.6) is 0 Å². The van der Waals surface area contributed by atoms with Gasteiger partial charge in [0.15, 0.2) is 6.10 Å². The van der Waals surface area contributed by atoms with E-state index >= 15 is 0 Å². The third-order valence-corrected chi connectivity index (χ3v) is 11.6. The van der Waals surface area contributed by atoms with E-state index in [2.05, 4.69) is 19.2 Å². The minimum absolute atomic E-state index is 0.403. The van der Waals surface area contributed by atoms with Crippen LogP contribution in [0.2, 0.25) is 0 Å². The van der Waals surface area contributed by atoms with Crippen LogP contribution in [-0.2, 0) is 14.3 Å². The molecule has 0 bridgehead atoms. The molecule has 0 aliphatic heterocycles. The number of aliphatic hydroxyl groups is 3. The van der Waals surface area contributed by atoms with Gasteiger partial charge in [-0.25, -0.2) is 0 Å². The van der Waals surface area contributed by atoms with Gasteiger partial charge in [0.25, 0.3) is 5.91 Å². The van der Waals surface area contributed by atoms with E-state index in [0.717, 1.165) is 38.5 Å². The summed E-state index contributed by atoms with van der Waals surface area (Å²) < 4.78 is 5.32. The van der Waals surface area contributed by atoms with Crippen molar-refractivity contribution in [2.24, 2.45) is 0 Å². The smallest absolute Gasteiger partial charge is 0.303 e. The Balaban J connectivity index is 3.94. The molecular weight excluding hydrogens is 687 g/mol. The van der Waals surface area contributed by atoms with Crippen LogP contribution in [0.4, 0.5) is 0 Å². The van der Waals surface area contributed by atoms with E-state index in [1.165, 1.54) is 200 Å². The van der Waals surface area contributed by atoms with Crippen molar-refractivity contribution >= 4 is 11.9 Å². The Morgan fingerprint density at radius 3 is 1.00 bits per heavy atom. The minimum Gasteiger partial charge on any atom is -0.452 e. The zero-order chi connectivity index (χ0) is 40.5. The highest BCUT2D eigenvalue weighted by molar-refractivity contribution is 5.83. The molecule has 7 heteroatoms. The number of carbonyl (C=O) groups is 2. The Kier molecular flexibility index (Phi) is 41.5. The van der Waals surface area contributed by atoms with E-state index in [0.29, 0.717) is 12.8 Å². The molecule has 0 saturated heterocycles. The van der Waals surface area contributed by atoms with Gasteiger partial charge in [-0.2, -0.15) is 0 Å². The predicted molar refractivity (Wildman–Crippen MR) is 233 cm³/mol. The molecule has 0 radical (unpaired) electrons. The molecule has 4 N–H and O–H groups in total.